The monoisotopic (exact) mass is 366 g/mol. The van der Waals surface area contributed by atoms with E-state index in [9.17, 15) is 19.7 Å². The molecule has 0 fully saturated rings. The number of benzene rings is 1. The lowest BCUT2D eigenvalue weighted by Gasteiger charge is -2.19. The fraction of sp³-hybridized carbons (Fsp3) is 0.438. The molecule has 1 aromatic rings. The Bertz CT molecular complexity index is 689. The summed E-state index contributed by atoms with van der Waals surface area (Å²) in [6, 6.07) is 4.73. The van der Waals surface area contributed by atoms with E-state index in [1.807, 2.05) is 13.8 Å². The van der Waals surface area contributed by atoms with Crippen LogP contribution in [0.1, 0.15) is 20.8 Å². The summed E-state index contributed by atoms with van der Waals surface area (Å²) in [7, 11) is 1.17. The Morgan fingerprint density at radius 1 is 1.31 bits per heavy atom. The first-order chi connectivity index (χ1) is 12.3. The van der Waals surface area contributed by atoms with Crippen LogP contribution in [0.2, 0.25) is 0 Å². The zero-order chi connectivity index (χ0) is 19.7. The van der Waals surface area contributed by atoms with Gasteiger partial charge in [-0.3, -0.25) is 10.1 Å². The van der Waals surface area contributed by atoms with Crippen LogP contribution >= 0.6 is 0 Å². The average Bonchev–Trinajstić information content (AvgIpc) is 2.61. The minimum atomic E-state index is -1.13. The molecule has 0 bridgehead atoms. The molecule has 1 atom stereocenters. The number of nitrogens with one attached hydrogen (secondary N) is 2. The number of nitro benzene ring substituents is 1. The minimum absolute atomic E-state index is 0.108. The van der Waals surface area contributed by atoms with Gasteiger partial charge in [-0.1, -0.05) is 26.0 Å². The number of amides is 1. The van der Waals surface area contributed by atoms with Crippen LogP contribution in [0.4, 0.5) is 16.2 Å². The number of hydrazone groups is 1. The van der Waals surface area contributed by atoms with Gasteiger partial charge in [-0.2, -0.15) is 5.10 Å². The van der Waals surface area contributed by atoms with E-state index in [0.29, 0.717) is 0 Å². The number of hydrogen-bond acceptors (Lipinski definition) is 8. The van der Waals surface area contributed by atoms with Crippen LogP contribution in [-0.2, 0) is 14.3 Å². The van der Waals surface area contributed by atoms with Crippen molar-refractivity contribution in [3.63, 3.8) is 0 Å². The summed E-state index contributed by atoms with van der Waals surface area (Å²) < 4.78 is 9.60. The van der Waals surface area contributed by atoms with Gasteiger partial charge in [-0.05, 0) is 18.9 Å². The topological polar surface area (TPSA) is 132 Å². The minimum Gasteiger partial charge on any atom is -0.464 e. The molecule has 0 aliphatic heterocycles. The summed E-state index contributed by atoms with van der Waals surface area (Å²) in [5.41, 5.74) is 2.16. The smallest absolute Gasteiger partial charge is 0.427 e. The van der Waals surface area contributed by atoms with Gasteiger partial charge in [0.2, 0.25) is 0 Å². The van der Waals surface area contributed by atoms with Gasteiger partial charge in [0, 0.05) is 6.07 Å². The molecule has 0 spiro atoms. The molecule has 0 saturated heterocycles. The van der Waals surface area contributed by atoms with Crippen molar-refractivity contribution in [1.29, 1.82) is 0 Å². The van der Waals surface area contributed by atoms with E-state index < -0.39 is 23.0 Å². The Kier molecular flexibility index (Phi) is 8.00. The summed E-state index contributed by atoms with van der Waals surface area (Å²) in [6.45, 7) is 5.39. The second-order valence-electron chi connectivity index (χ2n) is 5.73. The lowest BCUT2D eigenvalue weighted by atomic mass is 10.1. The highest BCUT2D eigenvalue weighted by Crippen LogP contribution is 2.24. The molecular formula is C16H22N4O6. The number of rotatable bonds is 8. The van der Waals surface area contributed by atoms with Gasteiger partial charge in [0.15, 0.2) is 6.04 Å². The molecule has 1 aromatic carbocycles. The van der Waals surface area contributed by atoms with E-state index in [0.717, 1.165) is 0 Å². The van der Waals surface area contributed by atoms with Crippen molar-refractivity contribution in [2.75, 3.05) is 19.0 Å². The Morgan fingerprint density at radius 2 is 1.96 bits per heavy atom. The number of ether oxygens (including phenoxy) is 2. The molecule has 0 heterocycles. The Balaban J connectivity index is 3.09. The van der Waals surface area contributed by atoms with E-state index in [4.69, 9.17) is 4.74 Å². The largest absolute Gasteiger partial charge is 0.464 e. The second kappa shape index (κ2) is 9.97. The van der Waals surface area contributed by atoms with Crippen LogP contribution in [0.5, 0.6) is 0 Å². The molecule has 0 aliphatic carbocycles. The molecule has 0 aliphatic rings. The molecule has 0 radical (unpaired) electrons. The molecular weight excluding hydrogens is 344 g/mol. The van der Waals surface area contributed by atoms with Gasteiger partial charge >= 0.3 is 12.1 Å². The number of para-hydroxylation sites is 2. The van der Waals surface area contributed by atoms with E-state index in [1.165, 1.54) is 32.2 Å². The van der Waals surface area contributed by atoms with Crippen LogP contribution in [0.25, 0.3) is 0 Å². The summed E-state index contributed by atoms with van der Waals surface area (Å²) >= 11 is 0. The van der Waals surface area contributed by atoms with Crippen LogP contribution in [0.3, 0.4) is 0 Å². The predicted octanol–water partition coefficient (Wildman–Crippen LogP) is 2.31. The number of nitro groups is 1. The summed E-state index contributed by atoms with van der Waals surface area (Å²) in [5.74, 6) is -0.569. The van der Waals surface area contributed by atoms with E-state index >= 15 is 0 Å². The molecule has 1 rings (SSSR count). The number of carbonyl (C=O) groups excluding carboxylic acids is 2. The average molecular weight is 366 g/mol. The van der Waals surface area contributed by atoms with Gasteiger partial charge in [0.25, 0.3) is 5.69 Å². The molecule has 1 amide bonds. The summed E-state index contributed by atoms with van der Waals surface area (Å²) in [4.78, 5) is 34.2. The Morgan fingerprint density at radius 3 is 2.54 bits per heavy atom. The molecule has 0 saturated carbocycles. The number of carbonyl (C=O) groups is 2. The highest BCUT2D eigenvalue weighted by Gasteiger charge is 2.27. The van der Waals surface area contributed by atoms with Crippen molar-refractivity contribution in [2.24, 2.45) is 11.0 Å². The first kappa shape index (κ1) is 20.9. The molecule has 2 N–H and O–H groups in total. The highest BCUT2D eigenvalue weighted by molar-refractivity contribution is 6.07. The normalized spacial score (nSPS) is 12.3. The molecule has 10 heteroatoms. The molecule has 26 heavy (non-hydrogen) atoms. The first-order valence-corrected chi connectivity index (χ1v) is 7.81. The zero-order valence-corrected chi connectivity index (χ0v) is 15.0. The van der Waals surface area contributed by atoms with Gasteiger partial charge in [-0.15, -0.1) is 0 Å². The van der Waals surface area contributed by atoms with Crippen molar-refractivity contribution in [1.82, 2.24) is 5.43 Å². The van der Waals surface area contributed by atoms with Gasteiger partial charge < -0.3 is 14.8 Å². The number of methoxy groups -OCH3 is 1. The summed E-state index contributed by atoms with van der Waals surface area (Å²) in [6.07, 6.45) is -0.815. The van der Waals surface area contributed by atoms with Crippen molar-refractivity contribution >= 4 is 29.1 Å². The van der Waals surface area contributed by atoms with Gasteiger partial charge in [-0.25, -0.2) is 15.0 Å². The van der Waals surface area contributed by atoms with Crippen molar-refractivity contribution in [3.8, 4) is 0 Å². The first-order valence-electron chi connectivity index (χ1n) is 7.81. The van der Waals surface area contributed by atoms with Gasteiger partial charge in [0.05, 0.1) is 24.4 Å². The van der Waals surface area contributed by atoms with Crippen LogP contribution < -0.4 is 10.7 Å². The van der Waals surface area contributed by atoms with Crippen LogP contribution in [0, 0.1) is 16.0 Å². The van der Waals surface area contributed by atoms with E-state index in [1.54, 1.807) is 6.07 Å². The zero-order valence-electron chi connectivity index (χ0n) is 15.0. The number of nitrogens with zero attached hydrogens (tertiary/aromatic N) is 2. The van der Waals surface area contributed by atoms with Gasteiger partial charge in [0.1, 0.15) is 5.69 Å². The maximum Gasteiger partial charge on any atom is 0.427 e. The third-order valence-electron chi connectivity index (χ3n) is 3.12. The van der Waals surface area contributed by atoms with Crippen LogP contribution in [0.15, 0.2) is 29.4 Å². The summed E-state index contributed by atoms with van der Waals surface area (Å²) in [5, 5.41) is 17.7. The van der Waals surface area contributed by atoms with Crippen molar-refractivity contribution < 1.29 is 24.0 Å². The number of esters is 1. The lowest BCUT2D eigenvalue weighted by molar-refractivity contribution is -0.384. The maximum atomic E-state index is 12.4. The van der Waals surface area contributed by atoms with E-state index in [2.05, 4.69) is 20.6 Å². The second-order valence-corrected chi connectivity index (χ2v) is 5.73. The van der Waals surface area contributed by atoms with Crippen molar-refractivity contribution in [2.45, 2.75) is 26.8 Å². The van der Waals surface area contributed by atoms with E-state index in [-0.39, 0.29) is 29.6 Å². The predicted molar refractivity (Wildman–Crippen MR) is 95.0 cm³/mol. The third kappa shape index (κ3) is 6.38. The molecule has 1 unspecified atom stereocenters. The Hall–Kier alpha value is -3.17. The third-order valence-corrected chi connectivity index (χ3v) is 3.12. The number of anilines is 1. The fourth-order valence-corrected chi connectivity index (χ4v) is 1.82. The van der Waals surface area contributed by atoms with Crippen LogP contribution in [-0.4, -0.2) is 42.5 Å². The highest BCUT2D eigenvalue weighted by atomic mass is 16.6. The quantitative estimate of drug-likeness (QED) is 0.312. The molecule has 10 nitrogen and oxygen atoms in total. The Labute approximate surface area is 150 Å². The molecule has 0 aromatic heterocycles. The standard InChI is InChI=1S/C16H22N4O6/c1-10(2)9-26-15(21)14(11(3)18-19-16(22)25-4)17-12-7-5-6-8-13(12)20(23)24/h5-8,10,14,17H,9H2,1-4H3,(H,19,22). The maximum absolute atomic E-state index is 12.4. The molecule has 142 valence electrons. The number of hydrogen-bond donors (Lipinski definition) is 2. The SMILES string of the molecule is COC(=O)NN=C(C)C(Nc1ccccc1[N+](=O)[O-])C(=O)OCC(C)C. The van der Waals surface area contributed by atoms with Crippen molar-refractivity contribution in [3.05, 3.63) is 34.4 Å². The fourth-order valence-electron chi connectivity index (χ4n) is 1.82. The lowest BCUT2D eigenvalue weighted by Crippen LogP contribution is -2.39.